The third-order valence-electron chi connectivity index (χ3n) is 2.43. The fraction of sp³-hybridized carbons (Fsp3) is 0.333. The molecule has 0 heterocycles. The lowest BCUT2D eigenvalue weighted by atomic mass is 10.1. The highest BCUT2D eigenvalue weighted by molar-refractivity contribution is 5.86. The maximum absolute atomic E-state index is 11.4. The van der Waals surface area contributed by atoms with Crippen LogP contribution in [0.15, 0.2) is 24.3 Å². The van der Waals surface area contributed by atoms with Crippen LogP contribution in [0.1, 0.15) is 12.0 Å². The average molecular weight is 251 g/mol. The number of phenolic OH excluding ortho intramolecular Hbond substituents is 1. The van der Waals surface area contributed by atoms with E-state index >= 15 is 0 Å². The van der Waals surface area contributed by atoms with Gasteiger partial charge in [0.2, 0.25) is 11.8 Å². The molecule has 0 aliphatic heterocycles. The van der Waals surface area contributed by atoms with Crippen LogP contribution in [0.25, 0.3) is 0 Å². The van der Waals surface area contributed by atoms with Gasteiger partial charge < -0.3 is 21.9 Å². The van der Waals surface area contributed by atoms with E-state index in [2.05, 4.69) is 5.32 Å². The molecule has 1 unspecified atom stereocenters. The smallest absolute Gasteiger partial charge is 0.240 e. The van der Waals surface area contributed by atoms with Crippen LogP contribution in [0.3, 0.4) is 0 Å². The molecule has 18 heavy (non-hydrogen) atoms. The molecule has 1 aromatic rings. The van der Waals surface area contributed by atoms with Crippen LogP contribution in [0, 0.1) is 0 Å². The zero-order valence-corrected chi connectivity index (χ0v) is 9.93. The third-order valence-corrected chi connectivity index (χ3v) is 2.43. The van der Waals surface area contributed by atoms with Crippen molar-refractivity contribution in [3.63, 3.8) is 0 Å². The minimum absolute atomic E-state index is 0.140. The molecule has 0 aliphatic rings. The number of aromatic hydroxyl groups is 1. The molecule has 6 heteroatoms. The molecule has 0 aliphatic carbocycles. The van der Waals surface area contributed by atoms with E-state index in [9.17, 15) is 9.59 Å². The van der Waals surface area contributed by atoms with E-state index in [1.165, 1.54) is 12.1 Å². The lowest BCUT2D eigenvalue weighted by Gasteiger charge is -2.15. The molecular weight excluding hydrogens is 234 g/mol. The Labute approximate surface area is 105 Å². The summed E-state index contributed by atoms with van der Waals surface area (Å²) in [5.41, 5.74) is 11.3. The summed E-state index contributed by atoms with van der Waals surface area (Å²) in [6.45, 7) is 0.219. The van der Waals surface area contributed by atoms with Crippen molar-refractivity contribution in [2.45, 2.75) is 18.9 Å². The van der Waals surface area contributed by atoms with Crippen molar-refractivity contribution < 1.29 is 14.7 Å². The Hall–Kier alpha value is -2.08. The molecule has 98 valence electrons. The van der Waals surface area contributed by atoms with Gasteiger partial charge in [-0.05, 0) is 17.7 Å². The quantitative estimate of drug-likeness (QED) is 0.532. The van der Waals surface area contributed by atoms with E-state index in [0.29, 0.717) is 0 Å². The van der Waals surface area contributed by atoms with Gasteiger partial charge in [0.05, 0.1) is 0 Å². The van der Waals surface area contributed by atoms with Gasteiger partial charge in [-0.15, -0.1) is 0 Å². The number of hydrogen-bond donors (Lipinski definition) is 4. The summed E-state index contributed by atoms with van der Waals surface area (Å²) in [4.78, 5) is 22.6. The minimum Gasteiger partial charge on any atom is -0.508 e. The van der Waals surface area contributed by atoms with Crippen molar-refractivity contribution in [1.82, 2.24) is 5.32 Å². The molecule has 0 bridgehead atoms. The number of phenols is 1. The Kier molecular flexibility index (Phi) is 5.13. The van der Waals surface area contributed by atoms with Gasteiger partial charge in [0.15, 0.2) is 0 Å². The van der Waals surface area contributed by atoms with Crippen molar-refractivity contribution in [1.29, 1.82) is 0 Å². The van der Waals surface area contributed by atoms with Gasteiger partial charge in [-0.25, -0.2) is 0 Å². The van der Waals surface area contributed by atoms with Crippen molar-refractivity contribution in [2.75, 3.05) is 6.54 Å². The maximum Gasteiger partial charge on any atom is 0.240 e. The second kappa shape index (κ2) is 6.61. The van der Waals surface area contributed by atoms with Gasteiger partial charge in [-0.3, -0.25) is 9.59 Å². The number of carbonyl (C=O) groups excluding carboxylic acids is 2. The van der Waals surface area contributed by atoms with Crippen LogP contribution in [0.2, 0.25) is 0 Å². The molecule has 1 rings (SSSR count). The van der Waals surface area contributed by atoms with Gasteiger partial charge >= 0.3 is 0 Å². The normalized spacial score (nSPS) is 11.8. The summed E-state index contributed by atoms with van der Waals surface area (Å²) >= 11 is 0. The van der Waals surface area contributed by atoms with Crippen molar-refractivity contribution in [2.24, 2.45) is 11.5 Å². The standard InChI is InChI=1S/C12H17N3O3/c13-6-5-11(17)15-10(12(14)18)7-8-1-3-9(16)4-2-8/h1-4,10,16H,5-7,13H2,(H2,14,18)(H,15,17). The second-order valence-corrected chi connectivity index (χ2v) is 3.93. The lowest BCUT2D eigenvalue weighted by Crippen LogP contribution is -2.46. The minimum atomic E-state index is -0.770. The Balaban J connectivity index is 2.65. The fourth-order valence-corrected chi connectivity index (χ4v) is 1.49. The van der Waals surface area contributed by atoms with Gasteiger partial charge in [0.25, 0.3) is 0 Å². The van der Waals surface area contributed by atoms with E-state index in [4.69, 9.17) is 16.6 Å². The predicted molar refractivity (Wildman–Crippen MR) is 66.6 cm³/mol. The Morgan fingerprint density at radius 1 is 1.28 bits per heavy atom. The van der Waals surface area contributed by atoms with Gasteiger partial charge in [0, 0.05) is 19.4 Å². The third kappa shape index (κ3) is 4.42. The molecule has 2 amide bonds. The lowest BCUT2D eigenvalue weighted by molar-refractivity contribution is -0.127. The molecular formula is C12H17N3O3. The van der Waals surface area contributed by atoms with Crippen molar-refractivity contribution in [3.8, 4) is 5.75 Å². The van der Waals surface area contributed by atoms with E-state index in [1.807, 2.05) is 0 Å². The zero-order chi connectivity index (χ0) is 13.5. The second-order valence-electron chi connectivity index (χ2n) is 3.93. The van der Waals surface area contributed by atoms with Crippen LogP contribution < -0.4 is 16.8 Å². The van der Waals surface area contributed by atoms with Crippen LogP contribution >= 0.6 is 0 Å². The summed E-state index contributed by atoms with van der Waals surface area (Å²) in [5.74, 6) is -0.768. The van der Waals surface area contributed by atoms with Gasteiger partial charge in [0.1, 0.15) is 11.8 Å². The number of hydrogen-bond acceptors (Lipinski definition) is 4. The SMILES string of the molecule is NCCC(=O)NC(Cc1ccc(O)cc1)C(N)=O. The Bertz CT molecular complexity index is 417. The number of carbonyl (C=O) groups is 2. The topological polar surface area (TPSA) is 118 Å². The van der Waals surface area contributed by atoms with Crippen molar-refractivity contribution >= 4 is 11.8 Å². The Morgan fingerprint density at radius 3 is 2.39 bits per heavy atom. The van der Waals surface area contributed by atoms with E-state index < -0.39 is 11.9 Å². The Morgan fingerprint density at radius 2 is 1.89 bits per heavy atom. The van der Waals surface area contributed by atoms with Gasteiger partial charge in [-0.1, -0.05) is 12.1 Å². The molecule has 0 radical (unpaired) electrons. The van der Waals surface area contributed by atoms with E-state index in [-0.39, 0.29) is 31.0 Å². The first-order chi connectivity index (χ1) is 8.52. The highest BCUT2D eigenvalue weighted by Crippen LogP contribution is 2.11. The molecule has 0 fully saturated rings. The number of nitrogens with two attached hydrogens (primary N) is 2. The average Bonchev–Trinajstić information content (AvgIpc) is 2.31. The predicted octanol–water partition coefficient (Wildman–Crippen LogP) is -0.746. The molecule has 0 spiro atoms. The molecule has 1 atom stereocenters. The van der Waals surface area contributed by atoms with Crippen molar-refractivity contribution in [3.05, 3.63) is 29.8 Å². The number of nitrogens with one attached hydrogen (secondary N) is 1. The summed E-state index contributed by atoms with van der Waals surface area (Å²) in [5, 5.41) is 11.7. The largest absolute Gasteiger partial charge is 0.508 e. The number of primary amides is 1. The number of benzene rings is 1. The van der Waals surface area contributed by atoms with Gasteiger partial charge in [-0.2, -0.15) is 0 Å². The number of rotatable bonds is 6. The maximum atomic E-state index is 11.4. The summed E-state index contributed by atoms with van der Waals surface area (Å²) in [6.07, 6.45) is 0.436. The number of amides is 2. The van der Waals surface area contributed by atoms with Crippen LogP contribution in [-0.4, -0.2) is 29.5 Å². The highest BCUT2D eigenvalue weighted by Gasteiger charge is 2.18. The summed E-state index contributed by atoms with van der Waals surface area (Å²) < 4.78 is 0. The molecule has 1 aromatic carbocycles. The fourth-order valence-electron chi connectivity index (χ4n) is 1.49. The zero-order valence-electron chi connectivity index (χ0n) is 9.93. The first-order valence-electron chi connectivity index (χ1n) is 5.59. The molecule has 0 aromatic heterocycles. The van der Waals surface area contributed by atoms with Crippen LogP contribution in [0.5, 0.6) is 5.75 Å². The van der Waals surface area contributed by atoms with E-state index in [1.54, 1.807) is 12.1 Å². The molecule has 6 nitrogen and oxygen atoms in total. The highest BCUT2D eigenvalue weighted by atomic mass is 16.3. The molecule has 0 saturated carbocycles. The molecule has 0 saturated heterocycles. The monoisotopic (exact) mass is 251 g/mol. The van der Waals surface area contributed by atoms with Crippen LogP contribution in [0.4, 0.5) is 0 Å². The van der Waals surface area contributed by atoms with Crippen LogP contribution in [-0.2, 0) is 16.0 Å². The first kappa shape index (κ1) is 14.0. The molecule has 6 N–H and O–H groups in total. The van der Waals surface area contributed by atoms with E-state index in [0.717, 1.165) is 5.56 Å². The first-order valence-corrected chi connectivity index (χ1v) is 5.59. The summed E-state index contributed by atoms with van der Waals surface area (Å²) in [6, 6.07) is 5.58. The summed E-state index contributed by atoms with van der Waals surface area (Å²) in [7, 11) is 0.